The summed E-state index contributed by atoms with van der Waals surface area (Å²) in [5.74, 6) is 0. The van der Waals surface area contributed by atoms with E-state index in [0.717, 1.165) is 6.42 Å². The summed E-state index contributed by atoms with van der Waals surface area (Å²) in [4.78, 5) is 13.3. The molecule has 0 radical (unpaired) electrons. The van der Waals surface area contributed by atoms with Crippen LogP contribution >= 0.6 is 0 Å². The van der Waals surface area contributed by atoms with Gasteiger partial charge in [-0.3, -0.25) is 0 Å². The van der Waals surface area contributed by atoms with Crippen molar-refractivity contribution >= 4 is 14.4 Å². The van der Waals surface area contributed by atoms with E-state index >= 15 is 0 Å². The number of unbranched alkanes of at least 4 members (excludes halogenated alkanes) is 5. The van der Waals surface area contributed by atoms with Crippen molar-refractivity contribution < 1.29 is 9.22 Å². The van der Waals surface area contributed by atoms with Gasteiger partial charge in [-0.2, -0.15) is 0 Å². The molecule has 0 saturated heterocycles. The number of aliphatic imine (C=N–C) groups is 1. The lowest BCUT2D eigenvalue weighted by Gasteiger charge is -2.19. The second kappa shape index (κ2) is 9.76. The number of carbonyl (C=O) groups excluding carboxylic acids is 1. The van der Waals surface area contributed by atoms with Crippen molar-refractivity contribution in [3.05, 3.63) is 0 Å². The first-order valence-electron chi connectivity index (χ1n) is 6.21. The normalized spacial score (nSPS) is 11.2. The largest absolute Gasteiger partial charge is 0.420 e. The highest BCUT2D eigenvalue weighted by atomic mass is 28.4. The van der Waals surface area contributed by atoms with Crippen molar-refractivity contribution in [1.29, 1.82) is 0 Å². The molecule has 0 aliphatic carbocycles. The highest BCUT2D eigenvalue weighted by Crippen LogP contribution is 2.16. The average Bonchev–Trinajstić information content (AvgIpc) is 2.27. The van der Waals surface area contributed by atoms with Gasteiger partial charge in [-0.1, -0.05) is 32.1 Å². The molecule has 0 fully saturated rings. The van der Waals surface area contributed by atoms with Gasteiger partial charge in [0, 0.05) is 7.11 Å². The lowest BCUT2D eigenvalue weighted by Crippen LogP contribution is -2.27. The summed E-state index contributed by atoms with van der Waals surface area (Å²) in [6.07, 6.45) is 8.90. The van der Waals surface area contributed by atoms with Crippen molar-refractivity contribution in [2.45, 2.75) is 57.7 Å². The first-order chi connectivity index (χ1) is 7.62. The van der Waals surface area contributed by atoms with Crippen molar-refractivity contribution in [3.8, 4) is 0 Å². The summed E-state index contributed by atoms with van der Waals surface area (Å²) in [5, 5.41) is 0. The minimum atomic E-state index is -1.32. The summed E-state index contributed by atoms with van der Waals surface area (Å²) in [7, 11) is 0.512. The van der Waals surface area contributed by atoms with Gasteiger partial charge in [-0.25, -0.2) is 9.79 Å². The van der Waals surface area contributed by atoms with Crippen molar-refractivity contribution in [2.24, 2.45) is 4.99 Å². The third-order valence-corrected chi connectivity index (χ3v) is 5.58. The van der Waals surface area contributed by atoms with E-state index in [4.69, 9.17) is 4.43 Å². The molecule has 0 bridgehead atoms. The molecule has 0 rings (SSSR count). The van der Waals surface area contributed by atoms with E-state index in [1.807, 2.05) is 7.11 Å². The molecular weight excluding hydrogens is 218 g/mol. The average molecular weight is 243 g/mol. The van der Waals surface area contributed by atoms with Gasteiger partial charge in [0.05, 0.1) is 6.54 Å². The van der Waals surface area contributed by atoms with Gasteiger partial charge in [0.25, 0.3) is 0 Å². The lowest BCUT2D eigenvalue weighted by molar-refractivity contribution is 0.400. The van der Waals surface area contributed by atoms with Crippen LogP contribution in [0.25, 0.3) is 0 Å². The van der Waals surface area contributed by atoms with Crippen molar-refractivity contribution in [3.63, 3.8) is 0 Å². The molecule has 0 saturated carbocycles. The molecule has 0 aromatic heterocycles. The topological polar surface area (TPSA) is 38.7 Å². The fourth-order valence-corrected chi connectivity index (χ4v) is 2.90. The molecule has 0 amide bonds. The van der Waals surface area contributed by atoms with Gasteiger partial charge < -0.3 is 4.43 Å². The van der Waals surface area contributed by atoms with Gasteiger partial charge in [0.2, 0.25) is 6.08 Å². The minimum absolute atomic E-state index is 0.646. The number of rotatable bonds is 10. The maximum atomic E-state index is 9.80. The fraction of sp³-hybridized carbons (Fsp3) is 0.917. The minimum Gasteiger partial charge on any atom is -0.420 e. The molecule has 0 aromatic carbocycles. The molecule has 94 valence electrons. The second-order valence-corrected chi connectivity index (χ2v) is 9.24. The monoisotopic (exact) mass is 243 g/mol. The van der Waals surface area contributed by atoms with Crippen molar-refractivity contribution in [2.75, 3.05) is 13.7 Å². The van der Waals surface area contributed by atoms with Gasteiger partial charge in [-0.15, -0.1) is 0 Å². The number of hydrogen-bond donors (Lipinski definition) is 0. The number of nitrogens with zero attached hydrogens (tertiary/aromatic N) is 1. The smallest absolute Gasteiger partial charge is 0.234 e. The van der Waals surface area contributed by atoms with E-state index in [0.29, 0.717) is 6.54 Å². The molecule has 0 unspecified atom stereocenters. The van der Waals surface area contributed by atoms with E-state index in [1.165, 1.54) is 38.1 Å². The SMILES string of the molecule is CO[Si](C)(C)CCCCCCCCN=C=O. The molecule has 0 aliphatic rings. The third-order valence-electron chi connectivity index (χ3n) is 2.92. The standard InChI is InChI=1S/C12H25NO2Si/c1-15-16(2,3)11-9-7-5-4-6-8-10-13-12-14/h4-11H2,1-3H3. The first kappa shape index (κ1) is 15.6. The summed E-state index contributed by atoms with van der Waals surface area (Å²) in [6.45, 7) is 5.18. The van der Waals surface area contributed by atoms with Crippen LogP contribution in [-0.2, 0) is 9.22 Å². The van der Waals surface area contributed by atoms with E-state index in [2.05, 4.69) is 18.1 Å². The van der Waals surface area contributed by atoms with Gasteiger partial charge in [0.1, 0.15) is 0 Å². The number of hydrogen-bond acceptors (Lipinski definition) is 3. The molecule has 0 N–H and O–H groups in total. The maximum Gasteiger partial charge on any atom is 0.234 e. The van der Waals surface area contributed by atoms with E-state index in [1.54, 1.807) is 6.08 Å². The van der Waals surface area contributed by atoms with Crippen molar-refractivity contribution in [1.82, 2.24) is 0 Å². The zero-order valence-corrected chi connectivity index (χ0v) is 11.9. The fourth-order valence-electron chi connectivity index (χ4n) is 1.60. The molecule has 0 heterocycles. The summed E-state index contributed by atoms with van der Waals surface area (Å²) >= 11 is 0. The maximum absolute atomic E-state index is 9.80. The molecule has 0 aromatic rings. The molecule has 16 heavy (non-hydrogen) atoms. The van der Waals surface area contributed by atoms with Crippen LogP contribution in [0, 0.1) is 0 Å². The van der Waals surface area contributed by atoms with Crippen LogP contribution < -0.4 is 0 Å². The van der Waals surface area contributed by atoms with Gasteiger partial charge >= 0.3 is 0 Å². The Morgan fingerprint density at radius 3 is 2.19 bits per heavy atom. The predicted octanol–water partition coefficient (Wildman–Crippen LogP) is 3.51. The summed E-state index contributed by atoms with van der Waals surface area (Å²) in [6, 6.07) is 1.26. The van der Waals surface area contributed by atoms with Crippen LogP contribution in [-0.4, -0.2) is 28.1 Å². The van der Waals surface area contributed by atoms with Crippen LogP contribution in [0.4, 0.5) is 0 Å². The van der Waals surface area contributed by atoms with E-state index in [9.17, 15) is 4.79 Å². The number of isocyanates is 1. The molecule has 4 heteroatoms. The molecular formula is C12H25NO2Si. The Morgan fingerprint density at radius 2 is 1.62 bits per heavy atom. The Morgan fingerprint density at radius 1 is 1.06 bits per heavy atom. The third kappa shape index (κ3) is 10.1. The molecule has 0 spiro atoms. The van der Waals surface area contributed by atoms with Crippen LogP contribution in [0.3, 0.4) is 0 Å². The summed E-state index contributed by atoms with van der Waals surface area (Å²) in [5.41, 5.74) is 0. The zero-order valence-electron chi connectivity index (χ0n) is 10.9. The Labute approximate surface area is 100 Å². The highest BCUT2D eigenvalue weighted by molar-refractivity contribution is 6.71. The second-order valence-electron chi connectivity index (χ2n) is 4.81. The Hall–Kier alpha value is -0.443. The quantitative estimate of drug-likeness (QED) is 0.255. The predicted molar refractivity (Wildman–Crippen MR) is 70.0 cm³/mol. The Kier molecular flexibility index (Phi) is 9.49. The van der Waals surface area contributed by atoms with Gasteiger partial charge in [0.15, 0.2) is 8.32 Å². The van der Waals surface area contributed by atoms with Crippen LogP contribution in [0.5, 0.6) is 0 Å². The van der Waals surface area contributed by atoms with Gasteiger partial charge in [-0.05, 0) is 25.6 Å². The van der Waals surface area contributed by atoms with Crippen LogP contribution in [0.2, 0.25) is 19.1 Å². The zero-order chi connectivity index (χ0) is 12.3. The Bertz CT molecular complexity index is 213. The molecule has 0 aliphatic heterocycles. The van der Waals surface area contributed by atoms with E-state index < -0.39 is 8.32 Å². The van der Waals surface area contributed by atoms with E-state index in [-0.39, 0.29) is 0 Å². The summed E-state index contributed by atoms with van der Waals surface area (Å²) < 4.78 is 5.50. The Balaban J connectivity index is 3.18. The molecule has 0 atom stereocenters. The van der Waals surface area contributed by atoms with Crippen LogP contribution in [0.1, 0.15) is 38.5 Å². The highest BCUT2D eigenvalue weighted by Gasteiger charge is 2.18. The molecule has 3 nitrogen and oxygen atoms in total. The lowest BCUT2D eigenvalue weighted by atomic mass is 10.1. The van der Waals surface area contributed by atoms with Crippen LogP contribution in [0.15, 0.2) is 4.99 Å². The first-order valence-corrected chi connectivity index (χ1v) is 9.33.